The molecule has 1 aromatic carbocycles. The molecule has 1 saturated carbocycles. The van der Waals surface area contributed by atoms with Gasteiger partial charge in [0, 0.05) is 11.3 Å². The van der Waals surface area contributed by atoms with Crippen molar-refractivity contribution in [3.05, 3.63) is 42.0 Å². The van der Waals surface area contributed by atoms with Gasteiger partial charge in [0.2, 0.25) is 11.8 Å². The first kappa shape index (κ1) is 21.9. The van der Waals surface area contributed by atoms with Crippen LogP contribution in [0.4, 0.5) is 5.69 Å². The van der Waals surface area contributed by atoms with E-state index in [2.05, 4.69) is 5.32 Å². The van der Waals surface area contributed by atoms with Crippen LogP contribution in [-0.2, 0) is 23.9 Å². The molecule has 4 rings (SSSR count). The number of benzene rings is 1. The lowest BCUT2D eigenvalue weighted by Gasteiger charge is -2.28. The molecule has 2 fully saturated rings. The Bertz CT molecular complexity index is 982. The third kappa shape index (κ3) is 3.74. The van der Waals surface area contributed by atoms with Crippen LogP contribution >= 0.6 is 0 Å². The fraction of sp³-hybridized carbons (Fsp3) is 0.458. The van der Waals surface area contributed by atoms with Crippen LogP contribution in [-0.4, -0.2) is 47.0 Å². The first-order chi connectivity index (χ1) is 15.2. The van der Waals surface area contributed by atoms with Gasteiger partial charge >= 0.3 is 5.97 Å². The number of allylic oxidation sites excluding steroid dienone is 2. The van der Waals surface area contributed by atoms with Gasteiger partial charge in [-0.3, -0.25) is 24.1 Å². The molecule has 168 valence electrons. The van der Waals surface area contributed by atoms with Crippen molar-refractivity contribution < 1.29 is 28.7 Å². The van der Waals surface area contributed by atoms with Crippen molar-refractivity contribution in [2.24, 2.45) is 29.6 Å². The molecule has 1 heterocycles. The van der Waals surface area contributed by atoms with E-state index in [0.717, 1.165) is 11.3 Å². The summed E-state index contributed by atoms with van der Waals surface area (Å²) in [5, 5.41) is 2.59. The first-order valence-corrected chi connectivity index (χ1v) is 10.8. The van der Waals surface area contributed by atoms with Gasteiger partial charge in [0.25, 0.3) is 5.91 Å². The predicted molar refractivity (Wildman–Crippen MR) is 114 cm³/mol. The fourth-order valence-corrected chi connectivity index (χ4v) is 5.08. The van der Waals surface area contributed by atoms with Crippen molar-refractivity contribution in [3.63, 3.8) is 0 Å². The van der Waals surface area contributed by atoms with Crippen molar-refractivity contribution in [2.45, 2.75) is 33.2 Å². The molecule has 0 aromatic heterocycles. The minimum absolute atomic E-state index is 0.0513. The molecule has 3 amide bonds. The maximum absolute atomic E-state index is 13.1. The molecule has 2 bridgehead atoms. The lowest BCUT2D eigenvalue weighted by atomic mass is 9.85. The highest BCUT2D eigenvalue weighted by atomic mass is 16.5. The summed E-state index contributed by atoms with van der Waals surface area (Å²) in [5.74, 6) is -3.10. The summed E-state index contributed by atoms with van der Waals surface area (Å²) in [5.41, 5.74) is 0.972. The molecule has 1 saturated heterocycles. The molecule has 0 unspecified atom stereocenters. The number of imide groups is 1. The van der Waals surface area contributed by atoms with Crippen LogP contribution in [0.3, 0.4) is 0 Å². The lowest BCUT2D eigenvalue weighted by Crippen LogP contribution is -2.50. The largest absolute Gasteiger partial charge is 0.454 e. The molecule has 1 aliphatic heterocycles. The number of rotatable bonds is 7. The van der Waals surface area contributed by atoms with Gasteiger partial charge in [-0.05, 0) is 55.4 Å². The number of carbonyl (C=O) groups excluding carboxylic acids is 5. The van der Waals surface area contributed by atoms with Crippen molar-refractivity contribution in [2.75, 3.05) is 11.9 Å². The monoisotopic (exact) mass is 438 g/mol. The topological polar surface area (TPSA) is 110 Å². The summed E-state index contributed by atoms with van der Waals surface area (Å²) in [7, 11) is 0. The zero-order valence-corrected chi connectivity index (χ0v) is 18.2. The minimum Gasteiger partial charge on any atom is -0.454 e. The zero-order chi connectivity index (χ0) is 23.2. The van der Waals surface area contributed by atoms with Crippen molar-refractivity contribution in [3.8, 4) is 0 Å². The van der Waals surface area contributed by atoms with Crippen molar-refractivity contribution in [1.82, 2.24) is 4.90 Å². The van der Waals surface area contributed by atoms with Gasteiger partial charge in [-0.1, -0.05) is 26.0 Å². The molecule has 1 aromatic rings. The molecule has 0 spiro atoms. The van der Waals surface area contributed by atoms with Gasteiger partial charge in [0.05, 0.1) is 11.8 Å². The van der Waals surface area contributed by atoms with Crippen LogP contribution in [0.15, 0.2) is 36.4 Å². The number of fused-ring (bicyclic) bond motifs is 5. The van der Waals surface area contributed by atoms with Crippen LogP contribution < -0.4 is 5.32 Å². The van der Waals surface area contributed by atoms with Crippen molar-refractivity contribution in [1.29, 1.82) is 0 Å². The summed E-state index contributed by atoms with van der Waals surface area (Å²) < 4.78 is 5.20. The number of carbonyl (C=O) groups is 5. The van der Waals surface area contributed by atoms with E-state index >= 15 is 0 Å². The van der Waals surface area contributed by atoms with Crippen LogP contribution in [0.5, 0.6) is 0 Å². The normalized spacial score (nSPS) is 26.4. The van der Waals surface area contributed by atoms with Gasteiger partial charge in [0.1, 0.15) is 6.04 Å². The van der Waals surface area contributed by atoms with Crippen LogP contribution in [0.1, 0.15) is 37.6 Å². The van der Waals surface area contributed by atoms with Gasteiger partial charge < -0.3 is 10.1 Å². The molecule has 5 atom stereocenters. The second-order valence-corrected chi connectivity index (χ2v) is 9.02. The van der Waals surface area contributed by atoms with Crippen LogP contribution in [0.25, 0.3) is 0 Å². The Morgan fingerprint density at radius 3 is 2.09 bits per heavy atom. The number of esters is 1. The van der Waals surface area contributed by atoms with E-state index in [9.17, 15) is 24.0 Å². The number of amides is 3. The summed E-state index contributed by atoms with van der Waals surface area (Å²) in [6.45, 7) is 4.38. The highest BCUT2D eigenvalue weighted by Gasteiger charge is 2.61. The molecule has 8 heteroatoms. The number of ketones is 1. The molecular weight excluding hydrogens is 412 g/mol. The maximum atomic E-state index is 13.1. The molecule has 1 N–H and O–H groups in total. The van der Waals surface area contributed by atoms with Crippen LogP contribution in [0, 0.1) is 29.6 Å². The summed E-state index contributed by atoms with van der Waals surface area (Å²) in [4.78, 5) is 63.6. The second-order valence-electron chi connectivity index (χ2n) is 9.02. The Morgan fingerprint density at radius 1 is 1.03 bits per heavy atom. The maximum Gasteiger partial charge on any atom is 0.330 e. The smallest absolute Gasteiger partial charge is 0.330 e. The Kier molecular flexibility index (Phi) is 5.71. The molecule has 8 nitrogen and oxygen atoms in total. The summed E-state index contributed by atoms with van der Waals surface area (Å²) in [6.07, 6.45) is 4.80. The van der Waals surface area contributed by atoms with E-state index in [1.54, 1.807) is 38.1 Å². The highest BCUT2D eigenvalue weighted by Crippen LogP contribution is 2.53. The van der Waals surface area contributed by atoms with E-state index in [4.69, 9.17) is 4.74 Å². The quantitative estimate of drug-likeness (QED) is 0.303. The number of hydrogen-bond acceptors (Lipinski definition) is 6. The number of Topliss-reactive ketones (excluding diaryl/α,β-unsaturated/α-hetero) is 1. The minimum atomic E-state index is -1.07. The van der Waals surface area contributed by atoms with E-state index < -0.39 is 36.4 Å². The number of nitrogens with zero attached hydrogens (tertiary/aromatic N) is 1. The Hall–Kier alpha value is -3.29. The number of ether oxygens (including phenoxy) is 1. The predicted octanol–water partition coefficient (Wildman–Crippen LogP) is 2.20. The van der Waals surface area contributed by atoms with Gasteiger partial charge in [-0.2, -0.15) is 0 Å². The van der Waals surface area contributed by atoms with Gasteiger partial charge in [0.15, 0.2) is 12.4 Å². The Balaban J connectivity index is 1.39. The summed E-state index contributed by atoms with van der Waals surface area (Å²) in [6, 6.07) is 5.26. The third-order valence-corrected chi connectivity index (χ3v) is 6.58. The average molecular weight is 438 g/mol. The first-order valence-electron chi connectivity index (χ1n) is 10.8. The van der Waals surface area contributed by atoms with E-state index in [1.807, 2.05) is 12.2 Å². The molecular formula is C24H26N2O6. The van der Waals surface area contributed by atoms with Gasteiger partial charge in [-0.25, -0.2) is 4.79 Å². The SMILES string of the molecule is CC(=O)c1ccc(NC(=O)COC(=O)[C@@H](C(C)C)N2C(=O)[C@@H]3[C@H](C2=O)[C@H]2C=C[C@H]3C2)cc1. The Morgan fingerprint density at radius 2 is 1.59 bits per heavy atom. The second kappa shape index (κ2) is 8.33. The number of nitrogens with one attached hydrogen (secondary N) is 1. The summed E-state index contributed by atoms with van der Waals surface area (Å²) >= 11 is 0. The molecule has 0 radical (unpaired) electrons. The van der Waals surface area contributed by atoms with E-state index in [0.29, 0.717) is 11.3 Å². The van der Waals surface area contributed by atoms with E-state index in [1.165, 1.54) is 6.92 Å². The fourth-order valence-electron chi connectivity index (χ4n) is 5.08. The number of likely N-dealkylation sites (tertiary alicyclic amines) is 1. The lowest BCUT2D eigenvalue weighted by molar-refractivity contribution is -0.162. The number of hydrogen-bond donors (Lipinski definition) is 1. The molecule has 32 heavy (non-hydrogen) atoms. The van der Waals surface area contributed by atoms with Gasteiger partial charge in [-0.15, -0.1) is 0 Å². The highest BCUT2D eigenvalue weighted by molar-refractivity contribution is 6.09. The molecule has 3 aliphatic rings. The molecule has 2 aliphatic carbocycles. The Labute approximate surface area is 186 Å². The van der Waals surface area contributed by atoms with Crippen molar-refractivity contribution >= 4 is 35.2 Å². The number of anilines is 1. The van der Waals surface area contributed by atoms with E-state index in [-0.39, 0.29) is 35.4 Å². The standard InChI is InChI=1S/C24H26N2O6/c1-12(2)21(26-22(29)19-15-4-5-16(10-15)20(19)23(26)30)24(31)32-11-18(28)25-17-8-6-14(7-9-17)13(3)27/h4-9,12,15-16,19-21H,10-11H2,1-3H3,(H,25,28)/t15-,16-,19-,20+,21+/m0/s1. The van der Waals surface area contributed by atoms with Crippen LogP contribution in [0.2, 0.25) is 0 Å². The zero-order valence-electron chi connectivity index (χ0n) is 18.2. The third-order valence-electron chi connectivity index (χ3n) is 6.58. The average Bonchev–Trinajstić information content (AvgIpc) is 3.42.